The smallest absolute Gasteiger partial charge is 0.338 e. The lowest BCUT2D eigenvalue weighted by molar-refractivity contribution is -0.139. The van der Waals surface area contributed by atoms with Gasteiger partial charge in [-0.25, -0.2) is 4.79 Å². The minimum absolute atomic E-state index is 0.0194. The Kier molecular flexibility index (Phi) is 4.44. The Morgan fingerprint density at radius 3 is 2.72 bits per heavy atom. The SMILES string of the molecule is CCOC(=O)C1=C(C)OC(N)=C(C#N)[C@@H]1c1cccc2ccccc12. The van der Waals surface area contributed by atoms with Crippen LogP contribution in [0.15, 0.2) is 65.3 Å². The van der Waals surface area contributed by atoms with Gasteiger partial charge in [0.05, 0.1) is 18.1 Å². The second-order valence-corrected chi connectivity index (χ2v) is 5.68. The topological polar surface area (TPSA) is 85.3 Å². The van der Waals surface area contributed by atoms with Gasteiger partial charge in [0, 0.05) is 0 Å². The molecule has 0 unspecified atom stereocenters. The summed E-state index contributed by atoms with van der Waals surface area (Å²) in [5, 5.41) is 11.6. The number of ether oxygens (including phenoxy) is 2. The summed E-state index contributed by atoms with van der Waals surface area (Å²) in [5.74, 6) is -0.749. The summed E-state index contributed by atoms with van der Waals surface area (Å²) in [6.45, 7) is 3.63. The molecule has 1 aliphatic rings. The largest absolute Gasteiger partial charge is 0.463 e. The van der Waals surface area contributed by atoms with Crippen LogP contribution >= 0.6 is 0 Å². The number of nitrogens with two attached hydrogens (primary N) is 1. The van der Waals surface area contributed by atoms with Gasteiger partial charge in [-0.15, -0.1) is 0 Å². The summed E-state index contributed by atoms with van der Waals surface area (Å²) in [6.07, 6.45) is 0. The zero-order chi connectivity index (χ0) is 18.0. The molecule has 1 atom stereocenters. The first-order valence-electron chi connectivity index (χ1n) is 8.01. The van der Waals surface area contributed by atoms with E-state index < -0.39 is 11.9 Å². The first kappa shape index (κ1) is 16.6. The first-order valence-corrected chi connectivity index (χ1v) is 8.01. The van der Waals surface area contributed by atoms with Crippen LogP contribution in [0.4, 0.5) is 0 Å². The monoisotopic (exact) mass is 334 g/mol. The molecule has 0 saturated heterocycles. The third-order valence-electron chi connectivity index (χ3n) is 4.24. The number of fused-ring (bicyclic) bond motifs is 1. The average Bonchev–Trinajstić information content (AvgIpc) is 2.60. The van der Waals surface area contributed by atoms with Crippen LogP contribution in [0.2, 0.25) is 0 Å². The highest BCUT2D eigenvalue weighted by molar-refractivity contribution is 5.95. The summed E-state index contributed by atoms with van der Waals surface area (Å²) in [6, 6.07) is 15.7. The van der Waals surface area contributed by atoms with Gasteiger partial charge in [0.1, 0.15) is 17.4 Å². The number of allylic oxidation sites excluding steroid dienone is 2. The van der Waals surface area contributed by atoms with Crippen molar-refractivity contribution in [1.29, 1.82) is 5.26 Å². The standard InChI is InChI=1S/C20H18N2O3/c1-3-24-20(23)17-12(2)25-19(22)16(11-21)18(17)15-10-6-8-13-7-4-5-9-14(13)15/h4-10,18H,3,22H2,1-2H3/t18-/m0/s1. The van der Waals surface area contributed by atoms with Gasteiger partial charge < -0.3 is 15.2 Å². The van der Waals surface area contributed by atoms with Crippen LogP contribution in [0, 0.1) is 11.3 Å². The van der Waals surface area contributed by atoms with E-state index in [-0.39, 0.29) is 18.1 Å². The molecule has 1 heterocycles. The summed E-state index contributed by atoms with van der Waals surface area (Å²) >= 11 is 0. The van der Waals surface area contributed by atoms with E-state index in [2.05, 4.69) is 6.07 Å². The fraction of sp³-hybridized carbons (Fsp3) is 0.200. The third-order valence-corrected chi connectivity index (χ3v) is 4.24. The van der Waals surface area contributed by atoms with Crippen molar-refractivity contribution in [3.8, 4) is 6.07 Å². The Bertz CT molecular complexity index is 946. The van der Waals surface area contributed by atoms with Crippen LogP contribution in [-0.4, -0.2) is 12.6 Å². The molecule has 0 bridgehead atoms. The van der Waals surface area contributed by atoms with Crippen LogP contribution in [0.1, 0.15) is 25.3 Å². The van der Waals surface area contributed by atoms with Crippen LogP contribution < -0.4 is 5.73 Å². The predicted molar refractivity (Wildman–Crippen MR) is 93.9 cm³/mol. The second kappa shape index (κ2) is 6.70. The van der Waals surface area contributed by atoms with Gasteiger partial charge in [0.15, 0.2) is 0 Å². The number of hydrogen-bond donors (Lipinski definition) is 1. The minimum Gasteiger partial charge on any atom is -0.463 e. The van der Waals surface area contributed by atoms with E-state index in [0.29, 0.717) is 11.3 Å². The van der Waals surface area contributed by atoms with Crippen LogP contribution in [0.25, 0.3) is 10.8 Å². The van der Waals surface area contributed by atoms with Crippen molar-refractivity contribution < 1.29 is 14.3 Å². The highest BCUT2D eigenvalue weighted by Crippen LogP contribution is 2.41. The molecule has 2 N–H and O–H groups in total. The van der Waals surface area contributed by atoms with Gasteiger partial charge in [0.25, 0.3) is 0 Å². The Balaban J connectivity index is 2.28. The molecular formula is C20H18N2O3. The Morgan fingerprint density at radius 1 is 1.28 bits per heavy atom. The van der Waals surface area contributed by atoms with E-state index >= 15 is 0 Å². The number of benzene rings is 2. The van der Waals surface area contributed by atoms with Crippen molar-refractivity contribution in [2.45, 2.75) is 19.8 Å². The molecular weight excluding hydrogens is 316 g/mol. The summed E-state index contributed by atoms with van der Waals surface area (Å²) in [4.78, 5) is 12.6. The van der Waals surface area contributed by atoms with Gasteiger partial charge in [-0.3, -0.25) is 0 Å². The number of hydrogen-bond acceptors (Lipinski definition) is 5. The fourth-order valence-electron chi connectivity index (χ4n) is 3.17. The maximum atomic E-state index is 12.6. The van der Waals surface area contributed by atoms with Crippen LogP contribution in [0.3, 0.4) is 0 Å². The molecule has 0 aromatic heterocycles. The van der Waals surface area contributed by atoms with Crippen LogP contribution in [-0.2, 0) is 14.3 Å². The number of nitriles is 1. The molecule has 5 heteroatoms. The molecule has 1 aliphatic heterocycles. The van der Waals surface area contributed by atoms with Crippen molar-refractivity contribution in [2.75, 3.05) is 6.61 Å². The van der Waals surface area contributed by atoms with Crippen molar-refractivity contribution in [3.63, 3.8) is 0 Å². The Hall–Kier alpha value is -3.26. The van der Waals surface area contributed by atoms with Gasteiger partial charge in [-0.2, -0.15) is 5.26 Å². The van der Waals surface area contributed by atoms with E-state index in [4.69, 9.17) is 15.2 Å². The van der Waals surface area contributed by atoms with Crippen molar-refractivity contribution >= 4 is 16.7 Å². The molecule has 2 aromatic carbocycles. The molecule has 0 aliphatic carbocycles. The molecule has 3 rings (SSSR count). The molecule has 2 aromatic rings. The van der Waals surface area contributed by atoms with Crippen LogP contribution in [0.5, 0.6) is 0 Å². The predicted octanol–water partition coefficient (Wildman–Crippen LogP) is 3.48. The van der Waals surface area contributed by atoms with E-state index in [1.165, 1.54) is 0 Å². The number of rotatable bonds is 3. The number of carbonyl (C=O) groups excluding carboxylic acids is 1. The Morgan fingerprint density at radius 2 is 2.00 bits per heavy atom. The van der Waals surface area contributed by atoms with Gasteiger partial charge in [0.2, 0.25) is 5.88 Å². The average molecular weight is 334 g/mol. The lowest BCUT2D eigenvalue weighted by Gasteiger charge is -2.27. The number of nitrogens with zero attached hydrogens (tertiary/aromatic N) is 1. The third kappa shape index (κ3) is 2.83. The molecule has 0 saturated carbocycles. The number of carbonyl (C=O) groups is 1. The number of esters is 1. The zero-order valence-electron chi connectivity index (χ0n) is 14.1. The highest BCUT2D eigenvalue weighted by atomic mass is 16.5. The van der Waals surface area contributed by atoms with E-state index in [1.807, 2.05) is 42.5 Å². The first-order chi connectivity index (χ1) is 12.1. The summed E-state index contributed by atoms with van der Waals surface area (Å²) < 4.78 is 10.6. The summed E-state index contributed by atoms with van der Waals surface area (Å²) in [7, 11) is 0. The quantitative estimate of drug-likeness (QED) is 0.869. The van der Waals surface area contributed by atoms with E-state index in [9.17, 15) is 10.1 Å². The lowest BCUT2D eigenvalue weighted by Crippen LogP contribution is -2.25. The Labute approximate surface area is 145 Å². The maximum Gasteiger partial charge on any atom is 0.338 e. The van der Waals surface area contributed by atoms with Gasteiger partial charge in [-0.1, -0.05) is 42.5 Å². The fourth-order valence-corrected chi connectivity index (χ4v) is 3.17. The molecule has 0 amide bonds. The molecule has 0 radical (unpaired) electrons. The molecule has 0 spiro atoms. The molecule has 126 valence electrons. The maximum absolute atomic E-state index is 12.6. The molecule has 5 nitrogen and oxygen atoms in total. The minimum atomic E-state index is -0.621. The van der Waals surface area contributed by atoms with E-state index in [1.54, 1.807) is 13.8 Å². The molecule has 25 heavy (non-hydrogen) atoms. The molecule has 0 fully saturated rings. The van der Waals surface area contributed by atoms with Gasteiger partial charge >= 0.3 is 5.97 Å². The highest BCUT2D eigenvalue weighted by Gasteiger charge is 2.36. The van der Waals surface area contributed by atoms with Gasteiger partial charge in [-0.05, 0) is 30.2 Å². The zero-order valence-corrected chi connectivity index (χ0v) is 14.1. The van der Waals surface area contributed by atoms with Crippen molar-refractivity contribution in [1.82, 2.24) is 0 Å². The van der Waals surface area contributed by atoms with E-state index in [0.717, 1.165) is 16.3 Å². The normalized spacial score (nSPS) is 17.2. The van der Waals surface area contributed by atoms with Crippen molar-refractivity contribution in [3.05, 3.63) is 70.8 Å². The second-order valence-electron chi connectivity index (χ2n) is 5.68. The lowest BCUT2D eigenvalue weighted by atomic mass is 9.81. The summed E-state index contributed by atoms with van der Waals surface area (Å²) in [5.41, 5.74) is 7.28. The van der Waals surface area contributed by atoms with Crippen molar-refractivity contribution in [2.24, 2.45) is 5.73 Å².